The normalized spacial score (nSPS) is 11.7. The first-order valence-corrected chi connectivity index (χ1v) is 8.24. The topological polar surface area (TPSA) is 47.6 Å². The fourth-order valence-electron chi connectivity index (χ4n) is 2.14. The molecule has 0 aliphatic rings. The average Bonchev–Trinajstić information content (AvgIpc) is 2.57. The lowest BCUT2D eigenvalue weighted by Crippen LogP contribution is -2.38. The van der Waals surface area contributed by atoms with E-state index in [0.717, 1.165) is 16.9 Å². The van der Waals surface area contributed by atoms with Crippen LogP contribution in [0.3, 0.4) is 0 Å². The van der Waals surface area contributed by atoms with Crippen molar-refractivity contribution in [1.29, 1.82) is 0 Å². The molecule has 0 fully saturated rings. The highest BCUT2D eigenvalue weighted by atomic mass is 35.5. The third-order valence-electron chi connectivity index (χ3n) is 3.72. The number of aryl methyl sites for hydroxylation is 1. The Labute approximate surface area is 147 Å². The van der Waals surface area contributed by atoms with Gasteiger partial charge in [0.15, 0.2) is 6.10 Å². The Bertz CT molecular complexity index is 703. The molecule has 1 N–H and O–H groups in total. The molecule has 0 bridgehead atoms. The number of carbonyl (C=O) groups excluding carboxylic acids is 1. The number of hydrogen-bond acceptors (Lipinski definition) is 3. The van der Waals surface area contributed by atoms with Gasteiger partial charge in [0, 0.05) is 0 Å². The molecule has 0 heterocycles. The number of halogens is 1. The van der Waals surface area contributed by atoms with Crippen molar-refractivity contribution in [3.8, 4) is 11.5 Å². The van der Waals surface area contributed by atoms with E-state index >= 15 is 0 Å². The third kappa shape index (κ3) is 4.90. The molecule has 0 spiro atoms. The van der Waals surface area contributed by atoms with Gasteiger partial charge in [-0.05, 0) is 50.1 Å². The van der Waals surface area contributed by atoms with Gasteiger partial charge in [-0.2, -0.15) is 0 Å². The summed E-state index contributed by atoms with van der Waals surface area (Å²) >= 11 is 6.00. The Kier molecular flexibility index (Phi) is 6.50. The molecule has 0 saturated carbocycles. The maximum Gasteiger partial charge on any atom is 0.260 e. The summed E-state index contributed by atoms with van der Waals surface area (Å²) in [7, 11) is 0. The highest BCUT2D eigenvalue weighted by Crippen LogP contribution is 2.23. The minimum atomic E-state index is -0.578. The summed E-state index contributed by atoms with van der Waals surface area (Å²) in [5.74, 6) is 1.15. The zero-order valence-electron chi connectivity index (χ0n) is 14.1. The van der Waals surface area contributed by atoms with Crippen molar-refractivity contribution in [1.82, 2.24) is 5.32 Å². The summed E-state index contributed by atoms with van der Waals surface area (Å²) in [6.07, 6.45) is -0.578. The van der Waals surface area contributed by atoms with Crippen LogP contribution in [0.4, 0.5) is 0 Å². The Hall–Kier alpha value is -2.20. The molecule has 0 aliphatic carbocycles. The summed E-state index contributed by atoms with van der Waals surface area (Å²) in [5.41, 5.74) is 2.17. The summed E-state index contributed by atoms with van der Waals surface area (Å²) in [5, 5.41) is 3.35. The molecule has 0 unspecified atom stereocenters. The predicted octanol–water partition coefficient (Wildman–Crippen LogP) is 3.92. The Morgan fingerprint density at radius 1 is 1.12 bits per heavy atom. The van der Waals surface area contributed by atoms with Crippen LogP contribution in [0.2, 0.25) is 5.02 Å². The molecular formula is C19H22ClNO3. The summed E-state index contributed by atoms with van der Waals surface area (Å²) in [4.78, 5) is 12.1. The van der Waals surface area contributed by atoms with Crippen molar-refractivity contribution >= 4 is 17.5 Å². The highest BCUT2D eigenvalue weighted by Gasteiger charge is 2.15. The van der Waals surface area contributed by atoms with Gasteiger partial charge in [-0.15, -0.1) is 0 Å². The molecule has 2 aromatic carbocycles. The number of rotatable bonds is 7. The van der Waals surface area contributed by atoms with Crippen LogP contribution in [0, 0.1) is 13.8 Å². The van der Waals surface area contributed by atoms with Gasteiger partial charge in [0.1, 0.15) is 18.1 Å². The molecule has 0 saturated heterocycles. The largest absolute Gasteiger partial charge is 0.490 e. The molecule has 2 rings (SSSR count). The lowest BCUT2D eigenvalue weighted by molar-refractivity contribution is -0.127. The fourth-order valence-corrected chi connectivity index (χ4v) is 2.33. The van der Waals surface area contributed by atoms with Crippen LogP contribution in [0.5, 0.6) is 11.5 Å². The third-order valence-corrected chi connectivity index (χ3v) is 4.04. The van der Waals surface area contributed by atoms with Crippen LogP contribution in [0.1, 0.15) is 18.1 Å². The zero-order chi connectivity index (χ0) is 17.5. The predicted molar refractivity (Wildman–Crippen MR) is 96.0 cm³/mol. The summed E-state index contributed by atoms with van der Waals surface area (Å²) < 4.78 is 11.3. The van der Waals surface area contributed by atoms with Crippen molar-refractivity contribution < 1.29 is 14.3 Å². The van der Waals surface area contributed by atoms with E-state index in [9.17, 15) is 4.79 Å². The first kappa shape index (κ1) is 18.1. The number of ether oxygens (including phenoxy) is 2. The Morgan fingerprint density at radius 2 is 1.83 bits per heavy atom. The van der Waals surface area contributed by atoms with Gasteiger partial charge in [-0.25, -0.2) is 0 Å². The van der Waals surface area contributed by atoms with Crippen LogP contribution >= 0.6 is 11.6 Å². The number of carbonyl (C=O) groups is 1. The number of benzene rings is 2. The van der Waals surface area contributed by atoms with E-state index in [1.165, 1.54) is 0 Å². The van der Waals surface area contributed by atoms with E-state index in [1.807, 2.05) is 44.2 Å². The van der Waals surface area contributed by atoms with Gasteiger partial charge in [0.25, 0.3) is 5.91 Å². The SMILES string of the molecule is Cc1cccc(O[C@H](C)C(=O)NCCOc2ccccc2Cl)c1C. The van der Waals surface area contributed by atoms with Crippen LogP contribution in [0.25, 0.3) is 0 Å². The molecule has 128 valence electrons. The number of amides is 1. The van der Waals surface area contributed by atoms with Gasteiger partial charge in [-0.1, -0.05) is 35.9 Å². The van der Waals surface area contributed by atoms with E-state index in [1.54, 1.807) is 19.1 Å². The van der Waals surface area contributed by atoms with Crippen molar-refractivity contribution in [2.75, 3.05) is 13.2 Å². The maximum absolute atomic E-state index is 12.1. The monoisotopic (exact) mass is 347 g/mol. The second-order valence-electron chi connectivity index (χ2n) is 5.53. The molecule has 0 aliphatic heterocycles. The van der Waals surface area contributed by atoms with Crippen molar-refractivity contribution in [3.05, 3.63) is 58.6 Å². The lowest BCUT2D eigenvalue weighted by Gasteiger charge is -2.17. The second-order valence-corrected chi connectivity index (χ2v) is 5.94. The molecule has 5 heteroatoms. The second kappa shape index (κ2) is 8.60. The first-order valence-electron chi connectivity index (χ1n) is 7.87. The van der Waals surface area contributed by atoms with Crippen LogP contribution < -0.4 is 14.8 Å². The molecular weight excluding hydrogens is 326 g/mol. The smallest absolute Gasteiger partial charge is 0.260 e. The molecule has 0 aromatic heterocycles. The minimum Gasteiger partial charge on any atom is -0.490 e. The van der Waals surface area contributed by atoms with Crippen molar-refractivity contribution in [2.24, 2.45) is 0 Å². The van der Waals surface area contributed by atoms with Crippen LogP contribution in [-0.2, 0) is 4.79 Å². The van der Waals surface area contributed by atoms with E-state index in [-0.39, 0.29) is 5.91 Å². The summed E-state index contributed by atoms with van der Waals surface area (Å²) in [6.45, 7) is 6.44. The van der Waals surface area contributed by atoms with Gasteiger partial charge in [0.05, 0.1) is 11.6 Å². The number of hydrogen-bond donors (Lipinski definition) is 1. The molecule has 24 heavy (non-hydrogen) atoms. The quantitative estimate of drug-likeness (QED) is 0.772. The first-order chi connectivity index (χ1) is 11.5. The van der Waals surface area contributed by atoms with Crippen LogP contribution in [-0.4, -0.2) is 25.2 Å². The molecule has 2 aromatic rings. The fraction of sp³-hybridized carbons (Fsp3) is 0.316. The zero-order valence-corrected chi connectivity index (χ0v) is 14.9. The van der Waals surface area contributed by atoms with Gasteiger partial charge in [0.2, 0.25) is 0 Å². The van der Waals surface area contributed by atoms with Gasteiger partial charge < -0.3 is 14.8 Å². The van der Waals surface area contributed by atoms with E-state index < -0.39 is 6.10 Å². The molecule has 0 radical (unpaired) electrons. The Balaban J connectivity index is 1.78. The molecule has 4 nitrogen and oxygen atoms in total. The van der Waals surface area contributed by atoms with E-state index in [0.29, 0.717) is 23.9 Å². The van der Waals surface area contributed by atoms with E-state index in [2.05, 4.69) is 5.32 Å². The molecule has 1 atom stereocenters. The van der Waals surface area contributed by atoms with Crippen LogP contribution in [0.15, 0.2) is 42.5 Å². The maximum atomic E-state index is 12.1. The minimum absolute atomic E-state index is 0.182. The highest BCUT2D eigenvalue weighted by molar-refractivity contribution is 6.32. The van der Waals surface area contributed by atoms with Gasteiger partial charge >= 0.3 is 0 Å². The summed E-state index contributed by atoms with van der Waals surface area (Å²) in [6, 6.07) is 13.0. The number of para-hydroxylation sites is 1. The van der Waals surface area contributed by atoms with Crippen molar-refractivity contribution in [3.63, 3.8) is 0 Å². The molecule has 1 amide bonds. The van der Waals surface area contributed by atoms with Gasteiger partial charge in [-0.3, -0.25) is 4.79 Å². The Morgan fingerprint density at radius 3 is 2.58 bits per heavy atom. The van der Waals surface area contributed by atoms with E-state index in [4.69, 9.17) is 21.1 Å². The number of nitrogens with one attached hydrogen (secondary N) is 1. The van der Waals surface area contributed by atoms with Crippen molar-refractivity contribution in [2.45, 2.75) is 26.9 Å². The standard InChI is InChI=1S/C19H22ClNO3/c1-13-7-6-10-17(14(13)2)24-15(3)19(22)21-11-12-23-18-9-5-4-8-16(18)20/h4-10,15H,11-12H2,1-3H3,(H,21,22)/t15-/m1/s1. The average molecular weight is 348 g/mol. The lowest BCUT2D eigenvalue weighted by atomic mass is 10.1.